The second-order valence-corrected chi connectivity index (χ2v) is 18.6. The van der Waals surface area contributed by atoms with Crippen LogP contribution >= 0.6 is 0 Å². The molecule has 0 aliphatic carbocycles. The summed E-state index contributed by atoms with van der Waals surface area (Å²) in [7, 11) is 0. The van der Waals surface area contributed by atoms with E-state index in [1.165, 1.54) is 19.9 Å². The Bertz CT molecular complexity index is 2140. The monoisotopic (exact) mass is 1050 g/mol. The zero-order valence-electron chi connectivity index (χ0n) is 41.4. The van der Waals surface area contributed by atoms with Crippen LogP contribution in [0.2, 0.25) is 0 Å². The van der Waals surface area contributed by atoms with E-state index in [9.17, 15) is 29.1 Å². The number of hydrogen-bond acceptors (Lipinski definition) is 16. The Hall–Kier alpha value is -4.81. The SMILES string of the molecule is C.C=CC[C@@H]1C=CC(=O)C([C@@H](C)[C@@H]2O[C@H](C[C@@H](C)COC(C)=O)[C@H](OCc3ccccc3)C2=O)O1.C=CC[C@@H]1C=CC(=O)C([C@@H](C)[C@@H]2O[C@H](C[C@@H](C)COC(C)=O)[C@H](OCc3ccccc3)[C@@H]2O)O1.[O]=[Mn]=[O]. The summed E-state index contributed by atoms with van der Waals surface area (Å²) in [6.07, 6.45) is 5.45. The second kappa shape index (κ2) is 31.7. The standard InChI is InChI=1S/C27H36O7.C27H34O7.CH4.Mn.2O/c2*1-5-9-21-12-13-22(29)25(33-21)18(3)26-24(30)27(32-16-20-10-7-6-8-11-20)23(34-26)14-17(2)15-31-19(4)28;;;;/h5-8,10-13,17-18,21,23-27,30H,1,9,14-16H2,2-4H3;5-8,10-13,17-18,21,23,25-27H,1,9,14-16H2,2-4H3;1H4;;;/t17-,18-,21-,23-,24-,25?,26+,27+;17-,18-,21-,23-,25?,26+,27+;;;;/m11..../s1. The van der Waals surface area contributed by atoms with Gasteiger partial charge in [-0.2, -0.15) is 0 Å². The van der Waals surface area contributed by atoms with E-state index in [-0.39, 0.29) is 80.6 Å². The predicted molar refractivity (Wildman–Crippen MR) is 261 cm³/mol. The molecule has 4 aliphatic rings. The van der Waals surface area contributed by atoms with Crippen LogP contribution in [-0.2, 0) is 97.6 Å². The number of aliphatic hydroxyl groups excluding tert-OH is 1. The molecule has 4 aliphatic heterocycles. The molecule has 2 unspecified atom stereocenters. The molecule has 72 heavy (non-hydrogen) atoms. The van der Waals surface area contributed by atoms with Crippen LogP contribution in [0.5, 0.6) is 0 Å². The number of ether oxygens (including phenoxy) is 8. The van der Waals surface area contributed by atoms with Crippen LogP contribution in [0, 0.1) is 23.7 Å². The van der Waals surface area contributed by atoms with E-state index in [0.29, 0.717) is 32.3 Å². The average Bonchev–Trinajstić information content (AvgIpc) is 3.83. The van der Waals surface area contributed by atoms with Crippen molar-refractivity contribution in [3.8, 4) is 0 Å². The molecule has 2 fully saturated rings. The van der Waals surface area contributed by atoms with E-state index in [1.807, 2.05) is 81.4 Å². The maximum atomic E-state index is 13.4. The van der Waals surface area contributed by atoms with E-state index < -0.39 is 81.6 Å². The van der Waals surface area contributed by atoms with Gasteiger partial charge in [0.15, 0.2) is 17.3 Å². The van der Waals surface area contributed by atoms with Crippen molar-refractivity contribution in [2.45, 2.75) is 155 Å². The number of Topliss-reactive ketones (excluding diaryl/α,β-unsaturated/α-hetero) is 1. The van der Waals surface area contributed by atoms with Crippen molar-refractivity contribution in [2.75, 3.05) is 13.2 Å². The Morgan fingerprint density at radius 3 is 1.57 bits per heavy atom. The van der Waals surface area contributed by atoms with Crippen LogP contribution in [0.3, 0.4) is 0 Å². The number of benzene rings is 2. The van der Waals surface area contributed by atoms with Crippen LogP contribution in [-0.4, -0.2) is 115 Å². The Balaban J connectivity index is 0.000000356. The van der Waals surface area contributed by atoms with E-state index >= 15 is 0 Å². The molecular formula is C55H74MnO16. The molecule has 2 aromatic rings. The Morgan fingerprint density at radius 2 is 1.11 bits per heavy atom. The van der Waals surface area contributed by atoms with Gasteiger partial charge in [-0.15, -0.1) is 13.2 Å². The van der Waals surface area contributed by atoms with Gasteiger partial charge < -0.3 is 43.0 Å². The molecule has 0 radical (unpaired) electrons. The number of rotatable bonds is 22. The first-order valence-corrected chi connectivity index (χ1v) is 24.9. The first-order valence-electron chi connectivity index (χ1n) is 24.0. The Morgan fingerprint density at radius 1 is 0.667 bits per heavy atom. The number of esters is 2. The number of carbonyl (C=O) groups excluding carboxylic acids is 5. The molecule has 0 amide bonds. The van der Waals surface area contributed by atoms with E-state index in [0.717, 1.165) is 11.1 Å². The molecular weight excluding hydrogens is 972 g/mol. The van der Waals surface area contributed by atoms with E-state index in [4.69, 9.17) is 45.6 Å². The molecule has 16 nitrogen and oxygen atoms in total. The first kappa shape index (κ1) is 61.5. The van der Waals surface area contributed by atoms with Gasteiger partial charge >= 0.3 is 34.4 Å². The van der Waals surface area contributed by atoms with Gasteiger partial charge in [0.05, 0.1) is 56.9 Å². The number of carbonyl (C=O) groups is 5. The summed E-state index contributed by atoms with van der Waals surface area (Å²) in [5.74, 6) is -2.12. The second-order valence-electron chi connectivity index (χ2n) is 18.4. The molecule has 0 saturated carbocycles. The summed E-state index contributed by atoms with van der Waals surface area (Å²) in [6, 6.07) is 19.3. The molecule has 17 heteroatoms. The summed E-state index contributed by atoms with van der Waals surface area (Å²) in [5.41, 5.74) is 1.93. The summed E-state index contributed by atoms with van der Waals surface area (Å²) >= 11 is -1.44. The third-order valence-electron chi connectivity index (χ3n) is 12.5. The van der Waals surface area contributed by atoms with Gasteiger partial charge in [0.1, 0.15) is 36.6 Å². The third kappa shape index (κ3) is 18.9. The van der Waals surface area contributed by atoms with Gasteiger partial charge in [-0.3, -0.25) is 24.0 Å². The van der Waals surface area contributed by atoms with Gasteiger partial charge in [-0.25, -0.2) is 0 Å². The van der Waals surface area contributed by atoms with Crippen LogP contribution in [0.25, 0.3) is 0 Å². The molecule has 6 rings (SSSR count). The minimum atomic E-state index is -1.44. The Kier molecular flexibility index (Phi) is 27.1. The normalized spacial score (nSPS) is 28.1. The zero-order chi connectivity index (χ0) is 52.0. The van der Waals surface area contributed by atoms with Crippen molar-refractivity contribution in [2.24, 2.45) is 23.7 Å². The van der Waals surface area contributed by atoms with Crippen LogP contribution < -0.4 is 0 Å². The van der Waals surface area contributed by atoms with Crippen molar-refractivity contribution in [1.29, 1.82) is 0 Å². The fourth-order valence-electron chi connectivity index (χ4n) is 8.89. The first-order chi connectivity index (χ1) is 34.0. The van der Waals surface area contributed by atoms with E-state index in [1.54, 1.807) is 37.3 Å². The zero-order valence-corrected chi connectivity index (χ0v) is 42.6. The molecule has 397 valence electrons. The predicted octanol–water partition coefficient (Wildman–Crippen LogP) is 7.39. The number of ketones is 3. The van der Waals surface area contributed by atoms with Crippen LogP contribution in [0.15, 0.2) is 110 Å². The Labute approximate surface area is 430 Å². The molecule has 1 N–H and O–H groups in total. The molecule has 2 aromatic carbocycles. The third-order valence-corrected chi connectivity index (χ3v) is 12.5. The van der Waals surface area contributed by atoms with E-state index in [2.05, 4.69) is 13.2 Å². The summed E-state index contributed by atoms with van der Waals surface area (Å²) in [4.78, 5) is 61.0. The van der Waals surface area contributed by atoms with Crippen molar-refractivity contribution in [3.05, 3.63) is 121 Å². The quantitative estimate of drug-likeness (QED) is 0.0691. The molecule has 0 aromatic heterocycles. The number of aliphatic hydroxyl groups is 1. The van der Waals surface area contributed by atoms with Crippen molar-refractivity contribution >= 4 is 29.3 Å². The van der Waals surface area contributed by atoms with Gasteiger partial charge in [0.25, 0.3) is 0 Å². The van der Waals surface area contributed by atoms with Gasteiger partial charge in [0.2, 0.25) is 0 Å². The molecule has 0 spiro atoms. The minimum absolute atomic E-state index is 0. The summed E-state index contributed by atoms with van der Waals surface area (Å²) in [6.45, 7) is 18.8. The van der Waals surface area contributed by atoms with Gasteiger partial charge in [-0.05, 0) is 60.8 Å². The molecule has 0 bridgehead atoms. The van der Waals surface area contributed by atoms with Crippen LogP contribution in [0.1, 0.15) is 85.8 Å². The maximum absolute atomic E-state index is 13.4. The van der Waals surface area contributed by atoms with Crippen molar-refractivity contribution < 1.29 is 89.5 Å². The molecule has 2 saturated heterocycles. The van der Waals surface area contributed by atoms with Crippen molar-refractivity contribution in [3.63, 3.8) is 0 Å². The average molecular weight is 1050 g/mol. The summed E-state index contributed by atoms with van der Waals surface area (Å²) in [5, 5.41) is 11.2. The van der Waals surface area contributed by atoms with Gasteiger partial charge in [0, 0.05) is 25.7 Å². The van der Waals surface area contributed by atoms with Crippen molar-refractivity contribution in [1.82, 2.24) is 0 Å². The molecule has 4 heterocycles. The van der Waals surface area contributed by atoms with Gasteiger partial charge in [-0.1, -0.05) is 120 Å². The molecule has 15 atom stereocenters. The van der Waals surface area contributed by atoms with Crippen LogP contribution in [0.4, 0.5) is 0 Å². The fourth-order valence-corrected chi connectivity index (χ4v) is 8.89. The number of hydrogen-bond donors (Lipinski definition) is 1. The fraction of sp³-hybridized carbons (Fsp3) is 0.545. The summed E-state index contributed by atoms with van der Waals surface area (Å²) < 4.78 is 63.8. The topological polar surface area (TPSA) is 214 Å².